The standard InChI is InChI=1S/C30H29N5O5/c1-16(2)38-15-24-31-28(36)26(29-33-32-25(39-29)14-22-21-6-3-4-9-23(21)40-34-22)30(37)35(24)27-19(17-10-11-17)7-5-8-20(27)18-12-13-18/h3-9,16-18,36H,10-15H2,1-2H3. The van der Waals surface area contributed by atoms with Gasteiger partial charge in [0.25, 0.3) is 11.4 Å². The molecule has 204 valence electrons. The monoisotopic (exact) mass is 539 g/mol. The van der Waals surface area contributed by atoms with Gasteiger partial charge in [0.2, 0.25) is 11.8 Å². The van der Waals surface area contributed by atoms with Crippen LogP contribution >= 0.6 is 0 Å². The Bertz CT molecular complexity index is 1750. The summed E-state index contributed by atoms with van der Waals surface area (Å²) in [7, 11) is 0. The second-order valence-corrected chi connectivity index (χ2v) is 10.9. The maximum absolute atomic E-state index is 14.3. The van der Waals surface area contributed by atoms with Gasteiger partial charge in [-0.05, 0) is 74.6 Å². The molecule has 40 heavy (non-hydrogen) atoms. The number of hydrogen-bond acceptors (Lipinski definition) is 9. The number of para-hydroxylation sites is 2. The molecule has 10 heteroatoms. The van der Waals surface area contributed by atoms with E-state index in [-0.39, 0.29) is 36.5 Å². The lowest BCUT2D eigenvalue weighted by Crippen LogP contribution is -2.28. The maximum atomic E-state index is 14.3. The van der Waals surface area contributed by atoms with Crippen molar-refractivity contribution in [3.05, 3.63) is 81.4 Å². The first kappa shape index (κ1) is 24.7. The van der Waals surface area contributed by atoms with Crippen molar-refractivity contribution < 1.29 is 18.8 Å². The summed E-state index contributed by atoms with van der Waals surface area (Å²) in [5.41, 5.74) is 3.79. The zero-order valence-corrected chi connectivity index (χ0v) is 22.3. The van der Waals surface area contributed by atoms with Crippen LogP contribution in [0.4, 0.5) is 0 Å². The van der Waals surface area contributed by atoms with Crippen LogP contribution in [0.2, 0.25) is 0 Å². The summed E-state index contributed by atoms with van der Waals surface area (Å²) in [5.74, 6) is 0.794. The highest BCUT2D eigenvalue weighted by Crippen LogP contribution is 2.49. The Morgan fingerprint density at radius 1 is 1.02 bits per heavy atom. The number of rotatable bonds is 9. The molecule has 2 aromatic carbocycles. The molecule has 0 unspecified atom stereocenters. The fourth-order valence-electron chi connectivity index (χ4n) is 5.23. The number of benzene rings is 2. The Hall–Kier alpha value is -4.31. The van der Waals surface area contributed by atoms with Crippen molar-refractivity contribution in [1.82, 2.24) is 24.9 Å². The van der Waals surface area contributed by atoms with Crippen molar-refractivity contribution in [3.8, 4) is 23.0 Å². The first-order valence-electron chi connectivity index (χ1n) is 13.7. The van der Waals surface area contributed by atoms with Crippen LogP contribution in [0.15, 0.2) is 56.2 Å². The van der Waals surface area contributed by atoms with Crippen molar-refractivity contribution >= 4 is 11.0 Å². The second-order valence-electron chi connectivity index (χ2n) is 10.9. The molecular weight excluding hydrogens is 510 g/mol. The van der Waals surface area contributed by atoms with Gasteiger partial charge in [-0.2, -0.15) is 4.98 Å². The van der Waals surface area contributed by atoms with E-state index < -0.39 is 11.4 Å². The smallest absolute Gasteiger partial charge is 0.274 e. The summed E-state index contributed by atoms with van der Waals surface area (Å²) in [6.07, 6.45) is 4.44. The number of aromatic nitrogens is 5. The third-order valence-electron chi connectivity index (χ3n) is 7.49. The Morgan fingerprint density at radius 3 is 2.45 bits per heavy atom. The van der Waals surface area contributed by atoms with E-state index in [1.807, 2.05) is 38.1 Å². The zero-order valence-electron chi connectivity index (χ0n) is 22.3. The molecule has 7 rings (SSSR count). The van der Waals surface area contributed by atoms with Gasteiger partial charge in [-0.15, -0.1) is 10.2 Å². The van der Waals surface area contributed by atoms with E-state index in [2.05, 4.69) is 38.5 Å². The molecule has 5 aromatic rings. The second kappa shape index (κ2) is 9.71. The van der Waals surface area contributed by atoms with Crippen LogP contribution in [0.5, 0.6) is 5.88 Å². The molecule has 10 nitrogen and oxygen atoms in total. The van der Waals surface area contributed by atoms with E-state index >= 15 is 0 Å². The average Bonchev–Trinajstić information content (AvgIpc) is 3.88. The van der Waals surface area contributed by atoms with Crippen molar-refractivity contribution in [3.63, 3.8) is 0 Å². The molecular formula is C30H29N5O5. The molecule has 0 aliphatic heterocycles. The third-order valence-corrected chi connectivity index (χ3v) is 7.49. The van der Waals surface area contributed by atoms with E-state index in [0.29, 0.717) is 28.9 Å². The predicted octanol–water partition coefficient (Wildman–Crippen LogP) is 5.40. The van der Waals surface area contributed by atoms with Gasteiger partial charge < -0.3 is 18.8 Å². The van der Waals surface area contributed by atoms with Crippen LogP contribution in [0.25, 0.3) is 28.1 Å². The largest absolute Gasteiger partial charge is 0.493 e. The van der Waals surface area contributed by atoms with Gasteiger partial charge in [0, 0.05) is 5.39 Å². The summed E-state index contributed by atoms with van der Waals surface area (Å²) >= 11 is 0. The fraction of sp³-hybridized carbons (Fsp3) is 0.367. The molecule has 2 aliphatic carbocycles. The van der Waals surface area contributed by atoms with Crippen molar-refractivity contribution in [2.75, 3.05) is 0 Å². The molecule has 0 bridgehead atoms. The highest BCUT2D eigenvalue weighted by molar-refractivity contribution is 5.79. The molecule has 0 saturated heterocycles. The van der Waals surface area contributed by atoms with E-state index in [0.717, 1.165) is 47.9 Å². The van der Waals surface area contributed by atoms with Crippen LogP contribution in [0.3, 0.4) is 0 Å². The van der Waals surface area contributed by atoms with Gasteiger partial charge in [0.1, 0.15) is 18.1 Å². The summed E-state index contributed by atoms with van der Waals surface area (Å²) in [6, 6.07) is 13.8. The topological polar surface area (TPSA) is 129 Å². The fourth-order valence-corrected chi connectivity index (χ4v) is 5.23. The summed E-state index contributed by atoms with van der Waals surface area (Å²) < 4.78 is 18.8. The number of aromatic hydroxyl groups is 1. The Kier molecular flexibility index (Phi) is 6.00. The number of fused-ring (bicyclic) bond motifs is 1. The first-order chi connectivity index (χ1) is 19.5. The quantitative estimate of drug-likeness (QED) is 0.262. The SMILES string of the molecule is CC(C)OCc1nc(O)c(-c2nnc(Cc3noc4ccccc34)o2)c(=O)n1-c1c(C2CC2)cccc1C1CC1. The molecule has 2 fully saturated rings. The molecule has 2 aliphatic rings. The van der Waals surface area contributed by atoms with Crippen molar-refractivity contribution in [1.29, 1.82) is 0 Å². The molecule has 0 radical (unpaired) electrons. The normalized spacial score (nSPS) is 15.4. The van der Waals surface area contributed by atoms with E-state index in [9.17, 15) is 9.90 Å². The molecule has 0 atom stereocenters. The lowest BCUT2D eigenvalue weighted by molar-refractivity contribution is 0.0595. The highest BCUT2D eigenvalue weighted by atomic mass is 16.5. The maximum Gasteiger partial charge on any atom is 0.274 e. The first-order valence-corrected chi connectivity index (χ1v) is 13.7. The zero-order chi connectivity index (χ0) is 27.4. The van der Waals surface area contributed by atoms with E-state index in [4.69, 9.17) is 13.7 Å². The lowest BCUT2D eigenvalue weighted by atomic mass is 9.99. The van der Waals surface area contributed by atoms with Crippen LogP contribution < -0.4 is 5.56 Å². The molecule has 3 aromatic heterocycles. The number of hydrogen-bond donors (Lipinski definition) is 1. The molecule has 0 amide bonds. The van der Waals surface area contributed by atoms with Gasteiger partial charge in [0.15, 0.2) is 11.1 Å². The van der Waals surface area contributed by atoms with Gasteiger partial charge in [-0.1, -0.05) is 35.5 Å². The van der Waals surface area contributed by atoms with Crippen LogP contribution in [0, 0.1) is 0 Å². The minimum atomic E-state index is -0.470. The minimum absolute atomic E-state index is 0.0676. The number of nitrogens with zero attached hydrogens (tertiary/aromatic N) is 5. The van der Waals surface area contributed by atoms with Crippen LogP contribution in [0.1, 0.15) is 79.9 Å². The lowest BCUT2D eigenvalue weighted by Gasteiger charge is -2.21. The number of ether oxygens (including phenoxy) is 1. The molecule has 0 spiro atoms. The third kappa shape index (κ3) is 4.48. The van der Waals surface area contributed by atoms with Gasteiger partial charge in [0.05, 0.1) is 18.2 Å². The summed E-state index contributed by atoms with van der Waals surface area (Å²) in [5, 5.41) is 24.3. The highest BCUT2D eigenvalue weighted by Gasteiger charge is 2.35. The van der Waals surface area contributed by atoms with Crippen LogP contribution in [-0.4, -0.2) is 36.1 Å². The van der Waals surface area contributed by atoms with Gasteiger partial charge >= 0.3 is 0 Å². The van der Waals surface area contributed by atoms with Crippen molar-refractivity contribution in [2.45, 2.75) is 70.5 Å². The Morgan fingerprint density at radius 2 is 1.75 bits per heavy atom. The molecule has 1 N–H and O–H groups in total. The van der Waals surface area contributed by atoms with Crippen molar-refractivity contribution in [2.24, 2.45) is 0 Å². The summed E-state index contributed by atoms with van der Waals surface area (Å²) in [4.78, 5) is 18.8. The predicted molar refractivity (Wildman–Crippen MR) is 145 cm³/mol. The Labute approximate surface area is 229 Å². The molecule has 3 heterocycles. The van der Waals surface area contributed by atoms with E-state index in [1.54, 1.807) is 4.57 Å². The Balaban J connectivity index is 1.35. The van der Waals surface area contributed by atoms with E-state index in [1.165, 1.54) is 0 Å². The van der Waals surface area contributed by atoms with Crippen LogP contribution in [-0.2, 0) is 17.8 Å². The average molecular weight is 540 g/mol. The van der Waals surface area contributed by atoms with Gasteiger partial charge in [-0.25, -0.2) is 0 Å². The minimum Gasteiger partial charge on any atom is -0.493 e. The van der Waals surface area contributed by atoms with Gasteiger partial charge in [-0.3, -0.25) is 9.36 Å². The summed E-state index contributed by atoms with van der Waals surface area (Å²) in [6.45, 7) is 3.91. The molecule has 2 saturated carbocycles.